The molecule has 4 heteroatoms. The molecule has 0 aliphatic carbocycles. The quantitative estimate of drug-likeness (QED) is 0.687. The summed E-state index contributed by atoms with van der Waals surface area (Å²) in [5, 5.41) is 1.03. The molecule has 0 bridgehead atoms. The van der Waals surface area contributed by atoms with Gasteiger partial charge in [-0.05, 0) is 35.6 Å². The zero-order chi connectivity index (χ0) is 8.55. The van der Waals surface area contributed by atoms with Crippen molar-refractivity contribution >= 4 is 33.6 Å². The molecule has 2 aromatic heterocycles. The summed E-state index contributed by atoms with van der Waals surface area (Å²) in [4.78, 5) is 12.3. The van der Waals surface area contributed by atoms with Crippen molar-refractivity contribution in [3.05, 3.63) is 27.9 Å². The van der Waals surface area contributed by atoms with Crippen molar-refractivity contribution in [2.75, 3.05) is 0 Å². The highest BCUT2D eigenvalue weighted by Gasteiger charge is 1.99. The Morgan fingerprint density at radius 3 is 2.92 bits per heavy atom. The van der Waals surface area contributed by atoms with Gasteiger partial charge >= 0.3 is 0 Å². The molecule has 3 nitrogen and oxygen atoms in total. The molecule has 12 heavy (non-hydrogen) atoms. The normalized spacial score (nSPS) is 10.5. The van der Waals surface area contributed by atoms with Crippen molar-refractivity contribution in [3.63, 3.8) is 0 Å². The van der Waals surface area contributed by atoms with Crippen LogP contribution >= 0.6 is 22.6 Å². The summed E-state index contributed by atoms with van der Waals surface area (Å²) in [5.41, 5.74) is 1.74. The average molecular weight is 271 g/mol. The number of fused-ring (bicyclic) bond motifs is 1. The number of pyridine rings is 1. The summed E-state index contributed by atoms with van der Waals surface area (Å²) in [6.07, 6.45) is 3.34. The van der Waals surface area contributed by atoms with Crippen molar-refractivity contribution in [1.29, 1.82) is 0 Å². The first-order valence-electron chi connectivity index (χ1n) is 3.50. The van der Waals surface area contributed by atoms with E-state index in [2.05, 4.69) is 37.5 Å². The maximum atomic E-state index is 4.18. The lowest BCUT2D eigenvalue weighted by Gasteiger charge is -1.98. The van der Waals surface area contributed by atoms with Crippen LogP contribution in [-0.4, -0.2) is 15.0 Å². The molecule has 60 valence electrons. The molecular weight excluding hydrogens is 265 g/mol. The molecule has 0 saturated carbocycles. The summed E-state index contributed by atoms with van der Waals surface area (Å²) >= 11 is 2.23. The predicted octanol–water partition coefficient (Wildman–Crippen LogP) is 1.94. The molecule has 0 aliphatic heterocycles. The van der Waals surface area contributed by atoms with E-state index in [4.69, 9.17) is 0 Å². The van der Waals surface area contributed by atoms with Crippen LogP contribution in [0.5, 0.6) is 0 Å². The van der Waals surface area contributed by atoms with E-state index < -0.39 is 0 Å². The lowest BCUT2D eigenvalue weighted by molar-refractivity contribution is 1.12. The predicted molar refractivity (Wildman–Crippen MR) is 54.8 cm³/mol. The zero-order valence-electron chi connectivity index (χ0n) is 6.45. The Hall–Kier alpha value is -0.780. The van der Waals surface area contributed by atoms with Crippen molar-refractivity contribution in [2.45, 2.75) is 6.92 Å². The van der Waals surface area contributed by atoms with Gasteiger partial charge in [0.05, 0.1) is 5.69 Å². The molecule has 0 aliphatic rings. The van der Waals surface area contributed by atoms with E-state index in [1.54, 1.807) is 6.20 Å². The first-order chi connectivity index (χ1) is 5.77. The summed E-state index contributed by atoms with van der Waals surface area (Å²) < 4.78 is 1.11. The Balaban J connectivity index is 2.88. The molecule has 0 unspecified atom stereocenters. The van der Waals surface area contributed by atoms with Gasteiger partial charge in [0.1, 0.15) is 6.33 Å². The van der Waals surface area contributed by atoms with Gasteiger partial charge in [0.15, 0.2) is 5.65 Å². The van der Waals surface area contributed by atoms with Crippen LogP contribution in [0.25, 0.3) is 11.0 Å². The number of hydrogen-bond acceptors (Lipinski definition) is 3. The van der Waals surface area contributed by atoms with Crippen molar-refractivity contribution < 1.29 is 0 Å². The maximum absolute atomic E-state index is 4.18. The second kappa shape index (κ2) is 2.93. The smallest absolute Gasteiger partial charge is 0.162 e. The second-order valence-corrected chi connectivity index (χ2v) is 3.73. The second-order valence-electron chi connectivity index (χ2n) is 2.48. The van der Waals surface area contributed by atoms with Crippen LogP contribution in [0, 0.1) is 10.5 Å². The Labute approximate surface area is 83.4 Å². The Morgan fingerprint density at radius 1 is 1.25 bits per heavy atom. The Morgan fingerprint density at radius 2 is 2.08 bits per heavy atom. The van der Waals surface area contributed by atoms with Crippen LogP contribution in [0.3, 0.4) is 0 Å². The highest BCUT2D eigenvalue weighted by Crippen LogP contribution is 2.14. The Kier molecular flexibility index (Phi) is 1.92. The van der Waals surface area contributed by atoms with Crippen LogP contribution in [-0.2, 0) is 0 Å². The molecule has 0 spiro atoms. The first-order valence-corrected chi connectivity index (χ1v) is 4.58. The summed E-state index contributed by atoms with van der Waals surface area (Å²) in [6, 6.07) is 2.04. The number of aryl methyl sites for hydroxylation is 1. The fourth-order valence-corrected chi connectivity index (χ4v) is 1.49. The van der Waals surface area contributed by atoms with Gasteiger partial charge < -0.3 is 0 Å². The van der Waals surface area contributed by atoms with Gasteiger partial charge in [-0.15, -0.1) is 0 Å². The lowest BCUT2D eigenvalue weighted by atomic mass is 10.3. The van der Waals surface area contributed by atoms with Crippen LogP contribution < -0.4 is 0 Å². The molecule has 0 N–H and O–H groups in total. The SMILES string of the molecule is Cc1ncnc2ncc(I)cc12. The van der Waals surface area contributed by atoms with E-state index in [-0.39, 0.29) is 0 Å². The number of halogens is 1. The third-order valence-corrected chi connectivity index (χ3v) is 2.24. The van der Waals surface area contributed by atoms with Crippen LogP contribution in [0.2, 0.25) is 0 Å². The topological polar surface area (TPSA) is 38.7 Å². The van der Waals surface area contributed by atoms with Gasteiger partial charge in [-0.25, -0.2) is 15.0 Å². The van der Waals surface area contributed by atoms with E-state index in [9.17, 15) is 0 Å². The van der Waals surface area contributed by atoms with E-state index in [0.717, 1.165) is 20.3 Å². The number of aromatic nitrogens is 3. The van der Waals surface area contributed by atoms with Crippen molar-refractivity contribution in [3.8, 4) is 0 Å². The van der Waals surface area contributed by atoms with E-state index in [0.29, 0.717) is 0 Å². The Bertz CT molecular complexity index is 428. The van der Waals surface area contributed by atoms with Crippen LogP contribution in [0.1, 0.15) is 5.69 Å². The van der Waals surface area contributed by atoms with Crippen molar-refractivity contribution in [2.24, 2.45) is 0 Å². The third-order valence-electron chi connectivity index (χ3n) is 1.65. The molecule has 0 aromatic carbocycles. The summed E-state index contributed by atoms with van der Waals surface area (Å²) in [6.45, 7) is 1.96. The molecule has 2 rings (SSSR count). The minimum absolute atomic E-state index is 0.767. The van der Waals surface area contributed by atoms with Gasteiger partial charge in [0.25, 0.3) is 0 Å². The fraction of sp³-hybridized carbons (Fsp3) is 0.125. The number of rotatable bonds is 0. The molecular formula is C8H6IN3. The van der Waals surface area contributed by atoms with E-state index in [1.807, 2.05) is 13.0 Å². The monoisotopic (exact) mass is 271 g/mol. The largest absolute Gasteiger partial charge is 0.241 e. The van der Waals surface area contributed by atoms with Crippen molar-refractivity contribution in [1.82, 2.24) is 15.0 Å². The number of nitrogens with zero attached hydrogens (tertiary/aromatic N) is 3. The number of hydrogen-bond donors (Lipinski definition) is 0. The lowest BCUT2D eigenvalue weighted by Crippen LogP contribution is -1.90. The van der Waals surface area contributed by atoms with Gasteiger partial charge in [-0.2, -0.15) is 0 Å². The zero-order valence-corrected chi connectivity index (χ0v) is 8.61. The van der Waals surface area contributed by atoms with Gasteiger partial charge in [-0.1, -0.05) is 0 Å². The molecule has 2 aromatic rings. The maximum Gasteiger partial charge on any atom is 0.162 e. The van der Waals surface area contributed by atoms with Crippen LogP contribution in [0.4, 0.5) is 0 Å². The first kappa shape index (κ1) is 7.85. The highest BCUT2D eigenvalue weighted by atomic mass is 127. The average Bonchev–Trinajstić information content (AvgIpc) is 2.07. The summed E-state index contributed by atoms with van der Waals surface area (Å²) in [7, 11) is 0. The molecule has 0 fully saturated rings. The van der Waals surface area contributed by atoms with Crippen LogP contribution in [0.15, 0.2) is 18.6 Å². The van der Waals surface area contributed by atoms with E-state index >= 15 is 0 Å². The standard InChI is InChI=1S/C8H6IN3/c1-5-7-2-6(9)3-10-8(7)12-4-11-5/h2-4H,1H3. The minimum Gasteiger partial charge on any atom is -0.241 e. The summed E-state index contributed by atoms with van der Waals surface area (Å²) in [5.74, 6) is 0. The van der Waals surface area contributed by atoms with Gasteiger partial charge in [0, 0.05) is 15.2 Å². The minimum atomic E-state index is 0.767. The van der Waals surface area contributed by atoms with Gasteiger partial charge in [-0.3, -0.25) is 0 Å². The van der Waals surface area contributed by atoms with E-state index in [1.165, 1.54) is 6.33 Å². The highest BCUT2D eigenvalue weighted by molar-refractivity contribution is 14.1. The molecule has 0 saturated heterocycles. The molecule has 0 atom stereocenters. The van der Waals surface area contributed by atoms with Gasteiger partial charge in [0.2, 0.25) is 0 Å². The molecule has 0 amide bonds. The third kappa shape index (κ3) is 1.26. The molecule has 2 heterocycles. The fourth-order valence-electron chi connectivity index (χ4n) is 1.04. The molecule has 0 radical (unpaired) electrons.